The lowest BCUT2D eigenvalue weighted by Crippen LogP contribution is -2.19. The number of hydrogen-bond acceptors (Lipinski definition) is 3. The molecule has 0 unspecified atom stereocenters. The topological polar surface area (TPSA) is 29.0 Å². The Kier molecular flexibility index (Phi) is 3.91. The van der Waals surface area contributed by atoms with Gasteiger partial charge in [-0.3, -0.25) is 0 Å². The van der Waals surface area contributed by atoms with Crippen molar-refractivity contribution < 1.29 is 4.39 Å². The van der Waals surface area contributed by atoms with Crippen LogP contribution in [0.25, 0.3) is 0 Å². The first kappa shape index (κ1) is 13.0. The van der Waals surface area contributed by atoms with Gasteiger partial charge >= 0.3 is 0 Å². The van der Waals surface area contributed by atoms with Crippen molar-refractivity contribution in [1.29, 1.82) is 0 Å². The van der Waals surface area contributed by atoms with Crippen molar-refractivity contribution >= 4 is 21.9 Å². The Morgan fingerprint density at radius 2 is 1.94 bits per heavy atom. The first-order valence-electron chi connectivity index (χ1n) is 5.50. The van der Waals surface area contributed by atoms with E-state index in [0.29, 0.717) is 18.1 Å². The van der Waals surface area contributed by atoms with E-state index in [9.17, 15) is 4.39 Å². The average Bonchev–Trinajstić information content (AvgIpc) is 2.34. The Morgan fingerprint density at radius 1 is 1.28 bits per heavy atom. The second-order valence-corrected chi connectivity index (χ2v) is 5.06. The van der Waals surface area contributed by atoms with Crippen LogP contribution in [0.3, 0.4) is 0 Å². The van der Waals surface area contributed by atoms with Crippen LogP contribution in [0.15, 0.2) is 35.1 Å². The second kappa shape index (κ2) is 5.44. The quantitative estimate of drug-likeness (QED) is 0.871. The summed E-state index contributed by atoms with van der Waals surface area (Å²) in [4.78, 5) is 10.2. The minimum Gasteiger partial charge on any atom is -0.340 e. The number of anilines is 1. The number of hydrogen-bond donors (Lipinski definition) is 0. The normalized spacial score (nSPS) is 10.4. The van der Waals surface area contributed by atoms with Gasteiger partial charge in [0.1, 0.15) is 5.82 Å². The molecule has 18 heavy (non-hydrogen) atoms. The average molecular weight is 310 g/mol. The lowest BCUT2D eigenvalue weighted by molar-refractivity contribution is 0.615. The first-order valence-corrected chi connectivity index (χ1v) is 6.29. The number of halogens is 2. The minimum atomic E-state index is -0.183. The molecule has 0 fully saturated rings. The number of rotatable bonds is 3. The van der Waals surface area contributed by atoms with Crippen LogP contribution in [0.1, 0.15) is 11.1 Å². The summed E-state index contributed by atoms with van der Waals surface area (Å²) in [6.45, 7) is 2.32. The zero-order valence-corrected chi connectivity index (χ0v) is 11.8. The fourth-order valence-electron chi connectivity index (χ4n) is 1.58. The molecule has 0 N–H and O–H groups in total. The summed E-state index contributed by atoms with van der Waals surface area (Å²) in [6, 6.07) is 5.24. The van der Waals surface area contributed by atoms with Gasteiger partial charge in [-0.2, -0.15) is 0 Å². The zero-order valence-electron chi connectivity index (χ0n) is 10.2. The van der Waals surface area contributed by atoms with Gasteiger partial charge in [0.25, 0.3) is 0 Å². The number of benzene rings is 1. The smallest absolute Gasteiger partial charge is 0.225 e. The first-order chi connectivity index (χ1) is 8.56. The summed E-state index contributed by atoms with van der Waals surface area (Å²) in [5.41, 5.74) is 1.55. The van der Waals surface area contributed by atoms with Crippen LogP contribution < -0.4 is 4.90 Å². The van der Waals surface area contributed by atoms with E-state index in [-0.39, 0.29) is 5.82 Å². The zero-order chi connectivity index (χ0) is 13.1. The van der Waals surface area contributed by atoms with Crippen LogP contribution in [-0.4, -0.2) is 17.0 Å². The van der Waals surface area contributed by atoms with Crippen LogP contribution in [-0.2, 0) is 6.54 Å². The summed E-state index contributed by atoms with van der Waals surface area (Å²) < 4.78 is 14.3. The molecule has 3 nitrogen and oxygen atoms in total. The molecule has 0 aliphatic heterocycles. The van der Waals surface area contributed by atoms with Crippen molar-refractivity contribution in [1.82, 2.24) is 9.97 Å². The third-order valence-corrected chi connectivity index (χ3v) is 3.01. The Balaban J connectivity index is 2.13. The predicted molar refractivity (Wildman–Crippen MR) is 73.0 cm³/mol. The standard InChI is InChI=1S/C13H13BrFN3/c1-9-3-4-10(5-12(9)15)8-18(2)13-16-6-11(14)7-17-13/h3-7H,8H2,1-2H3. The molecule has 0 radical (unpaired) electrons. The summed E-state index contributed by atoms with van der Waals surface area (Å²) in [5, 5.41) is 0. The highest BCUT2D eigenvalue weighted by molar-refractivity contribution is 9.10. The van der Waals surface area contributed by atoms with Gasteiger partial charge in [-0.25, -0.2) is 14.4 Å². The maximum Gasteiger partial charge on any atom is 0.225 e. The van der Waals surface area contributed by atoms with E-state index in [4.69, 9.17) is 0 Å². The lowest BCUT2D eigenvalue weighted by Gasteiger charge is -2.17. The molecule has 2 rings (SSSR count). The van der Waals surface area contributed by atoms with E-state index in [0.717, 1.165) is 10.0 Å². The van der Waals surface area contributed by atoms with Crippen molar-refractivity contribution in [2.75, 3.05) is 11.9 Å². The molecule has 0 bridgehead atoms. The van der Waals surface area contributed by atoms with Crippen molar-refractivity contribution in [2.45, 2.75) is 13.5 Å². The maximum atomic E-state index is 13.4. The number of aromatic nitrogens is 2. The summed E-state index contributed by atoms with van der Waals surface area (Å²) in [6.07, 6.45) is 3.38. The van der Waals surface area contributed by atoms with E-state index in [1.165, 1.54) is 0 Å². The third kappa shape index (κ3) is 3.04. The molecule has 1 aromatic heterocycles. The summed E-state index contributed by atoms with van der Waals surface area (Å²) in [7, 11) is 1.88. The highest BCUT2D eigenvalue weighted by atomic mass is 79.9. The highest BCUT2D eigenvalue weighted by Crippen LogP contribution is 2.14. The predicted octanol–water partition coefficient (Wildman–Crippen LogP) is 3.32. The molecule has 1 aromatic carbocycles. The molecule has 1 heterocycles. The van der Waals surface area contributed by atoms with E-state index in [1.807, 2.05) is 18.0 Å². The van der Waals surface area contributed by atoms with E-state index in [1.54, 1.807) is 31.5 Å². The van der Waals surface area contributed by atoms with Gasteiger partial charge < -0.3 is 4.90 Å². The van der Waals surface area contributed by atoms with Crippen LogP contribution in [0.4, 0.5) is 10.3 Å². The van der Waals surface area contributed by atoms with Crippen LogP contribution in [0, 0.1) is 12.7 Å². The molecule has 0 amide bonds. The molecule has 5 heteroatoms. The fraction of sp³-hybridized carbons (Fsp3) is 0.231. The third-order valence-electron chi connectivity index (χ3n) is 2.60. The van der Waals surface area contributed by atoms with Crippen LogP contribution in [0.2, 0.25) is 0 Å². The molecule has 0 spiro atoms. The van der Waals surface area contributed by atoms with Crippen LogP contribution in [0.5, 0.6) is 0 Å². The Hall–Kier alpha value is -1.49. The molecule has 0 atom stereocenters. The van der Waals surface area contributed by atoms with Crippen molar-refractivity contribution in [2.24, 2.45) is 0 Å². The summed E-state index contributed by atoms with van der Waals surface area (Å²) >= 11 is 3.29. The van der Waals surface area contributed by atoms with Gasteiger partial charge in [-0.05, 0) is 40.0 Å². The van der Waals surface area contributed by atoms with E-state index >= 15 is 0 Å². The Morgan fingerprint density at radius 3 is 2.56 bits per heavy atom. The largest absolute Gasteiger partial charge is 0.340 e. The van der Waals surface area contributed by atoms with Gasteiger partial charge in [0.15, 0.2) is 0 Å². The fourth-order valence-corrected chi connectivity index (χ4v) is 1.79. The SMILES string of the molecule is Cc1ccc(CN(C)c2ncc(Br)cn2)cc1F. The monoisotopic (exact) mass is 309 g/mol. The molecular weight excluding hydrogens is 297 g/mol. The number of aryl methyl sites for hydroxylation is 1. The Labute approximate surface area is 114 Å². The summed E-state index contributed by atoms with van der Waals surface area (Å²) in [5.74, 6) is 0.428. The van der Waals surface area contributed by atoms with Gasteiger partial charge in [0.05, 0.1) is 4.47 Å². The van der Waals surface area contributed by atoms with Gasteiger partial charge in [0.2, 0.25) is 5.95 Å². The lowest BCUT2D eigenvalue weighted by atomic mass is 10.1. The molecular formula is C13H13BrFN3. The van der Waals surface area contributed by atoms with Gasteiger partial charge in [0, 0.05) is 26.0 Å². The molecule has 94 valence electrons. The minimum absolute atomic E-state index is 0.183. The highest BCUT2D eigenvalue weighted by Gasteiger charge is 2.06. The van der Waals surface area contributed by atoms with E-state index in [2.05, 4.69) is 25.9 Å². The van der Waals surface area contributed by atoms with E-state index < -0.39 is 0 Å². The molecule has 0 saturated carbocycles. The molecule has 2 aromatic rings. The molecule has 0 aliphatic carbocycles. The second-order valence-electron chi connectivity index (χ2n) is 4.14. The van der Waals surface area contributed by atoms with Crippen molar-refractivity contribution in [3.8, 4) is 0 Å². The maximum absolute atomic E-state index is 13.4. The molecule has 0 saturated heterocycles. The molecule has 0 aliphatic rings. The van der Waals surface area contributed by atoms with Crippen LogP contribution >= 0.6 is 15.9 Å². The Bertz CT molecular complexity index is 542. The van der Waals surface area contributed by atoms with Crippen molar-refractivity contribution in [3.05, 3.63) is 52.0 Å². The number of nitrogens with zero attached hydrogens (tertiary/aromatic N) is 3. The van der Waals surface area contributed by atoms with Gasteiger partial charge in [-0.15, -0.1) is 0 Å². The van der Waals surface area contributed by atoms with Gasteiger partial charge in [-0.1, -0.05) is 12.1 Å². The van der Waals surface area contributed by atoms with Crippen molar-refractivity contribution in [3.63, 3.8) is 0 Å².